The van der Waals surface area contributed by atoms with Crippen molar-refractivity contribution in [1.29, 1.82) is 0 Å². The molecule has 0 aromatic rings. The summed E-state index contributed by atoms with van der Waals surface area (Å²) in [5.74, 6) is 2.17. The number of carbonyl (C=O) groups is 2. The molecule has 5 aliphatic carbocycles. The molecule has 63 heavy (non-hydrogen) atoms. The molecule has 0 aromatic heterocycles. The number of fused-ring (bicyclic) bond motifs is 7. The van der Waals surface area contributed by atoms with E-state index in [1.165, 1.54) is 5.57 Å². The van der Waals surface area contributed by atoms with Gasteiger partial charge in [-0.25, -0.2) is 0 Å². The Morgan fingerprint density at radius 3 is 1.90 bits per heavy atom. The second kappa shape index (κ2) is 22.9. The number of aliphatic hydroxyl groups excluding tert-OH is 2. The smallest absolute Gasteiger partial charge is 0.226 e. The normalized spacial score (nSPS) is 36.5. The largest absolute Gasteiger partial charge is 0.390 e. The van der Waals surface area contributed by atoms with Gasteiger partial charge in [0.05, 0.1) is 30.8 Å². The molecule has 0 unspecified atom stereocenters. The number of hydrogen-bond donors (Lipinski definition) is 4. The van der Waals surface area contributed by atoms with Gasteiger partial charge in [-0.3, -0.25) is 9.59 Å². The van der Waals surface area contributed by atoms with Gasteiger partial charge in [0.25, 0.3) is 0 Å². The van der Waals surface area contributed by atoms with Crippen LogP contribution in [-0.4, -0.2) is 60.5 Å². The van der Waals surface area contributed by atoms with Crippen molar-refractivity contribution in [3.8, 4) is 0 Å². The number of allylic oxidation sites excluding steroid dienone is 14. The molecular weight excluding hydrogens is 781 g/mol. The fourth-order valence-corrected chi connectivity index (χ4v) is 13.7. The Morgan fingerprint density at radius 1 is 0.730 bits per heavy atom. The van der Waals surface area contributed by atoms with Crippen LogP contribution in [0.5, 0.6) is 0 Å². The third-order valence-electron chi connectivity index (χ3n) is 17.6. The van der Waals surface area contributed by atoms with Crippen LogP contribution < -0.4 is 10.6 Å². The Hall–Kier alpha value is -3.00. The number of carbonyl (C=O) groups excluding carboxylic acids is 2. The first kappa shape index (κ1) is 51.0. The standard InChI is InChI=1S/C56H88N2O5/c1-9-10-11-12-13-14-15-16-17-18-19-20-21-22-23-24-25-26-27-28-48(60)57-37-39-63-40-38-58-51(62)56-34-31-42(2)43(3)49(56)44-29-30-47-53(6)41-45(59)50(61)52(4,5)46(53)32-33-55(47,8)54(44,7)35-36-56/h10-11,13-14,16-17,19-20,22-23,25-26,29,42-43,45-47,49-50,59,61H,9,12,15,18,21,24,27-28,30-41H2,1-8H3,(H,57,60)(H,58,62)/b11-10-,14-13-,17-16-,20-19-,23-22-,26-25-/t42-,43+,45-,46+,47-,49+,50+,53+,54-,55-,56+/m1/s1. The van der Waals surface area contributed by atoms with Gasteiger partial charge in [0.15, 0.2) is 0 Å². The topological polar surface area (TPSA) is 108 Å². The summed E-state index contributed by atoms with van der Waals surface area (Å²) in [6, 6.07) is 0. The van der Waals surface area contributed by atoms with Crippen LogP contribution >= 0.6 is 0 Å². The highest BCUT2D eigenvalue weighted by atomic mass is 16.5. The second-order valence-electron chi connectivity index (χ2n) is 21.5. The third-order valence-corrected chi connectivity index (χ3v) is 17.6. The van der Waals surface area contributed by atoms with Crippen LogP contribution in [0, 0.1) is 56.7 Å². The van der Waals surface area contributed by atoms with E-state index in [9.17, 15) is 19.8 Å². The zero-order valence-corrected chi connectivity index (χ0v) is 40.8. The van der Waals surface area contributed by atoms with Gasteiger partial charge in [0.1, 0.15) is 0 Å². The summed E-state index contributed by atoms with van der Waals surface area (Å²) in [6.07, 6.45) is 42.2. The summed E-state index contributed by atoms with van der Waals surface area (Å²) in [5, 5.41) is 28.7. The van der Waals surface area contributed by atoms with Crippen molar-refractivity contribution in [3.63, 3.8) is 0 Å². The molecule has 0 spiro atoms. The van der Waals surface area contributed by atoms with Crippen molar-refractivity contribution in [2.75, 3.05) is 26.3 Å². The van der Waals surface area contributed by atoms with Crippen LogP contribution in [0.4, 0.5) is 0 Å². The van der Waals surface area contributed by atoms with Crippen LogP contribution in [-0.2, 0) is 14.3 Å². The molecule has 7 heteroatoms. The number of ether oxygens (including phenoxy) is 1. The average molecular weight is 869 g/mol. The Balaban J connectivity index is 1.01. The SMILES string of the molecule is CC/C=C\C/C=C\C/C=C\C/C=C\C/C=C\C/C=C\CCC(=O)NCCOCCNC(=O)[C@]12CC[C@@H](C)[C@H](C)[C@H]1C1=CC[C@@H]3[C@@]4(C)C[C@@H](O)[C@H](O)C(C)(C)[C@@H]4CC[C@@]3(C)[C@]1(C)CC2. The molecule has 7 nitrogen and oxygen atoms in total. The van der Waals surface area contributed by atoms with E-state index in [0.29, 0.717) is 69.2 Å². The predicted octanol–water partition coefficient (Wildman–Crippen LogP) is 11.7. The molecule has 0 aliphatic heterocycles. The number of rotatable bonds is 21. The minimum Gasteiger partial charge on any atom is -0.390 e. The Labute approximate surface area is 383 Å². The molecular formula is C56H88N2O5. The van der Waals surface area contributed by atoms with E-state index < -0.39 is 17.6 Å². The lowest BCUT2D eigenvalue weighted by Gasteiger charge is -2.71. The summed E-state index contributed by atoms with van der Waals surface area (Å²) in [4.78, 5) is 26.9. The number of amides is 2. The highest BCUT2D eigenvalue weighted by Crippen LogP contribution is 2.75. The van der Waals surface area contributed by atoms with Crippen molar-refractivity contribution in [2.45, 2.75) is 170 Å². The average Bonchev–Trinajstić information content (AvgIpc) is 3.24. The van der Waals surface area contributed by atoms with Crippen LogP contribution in [0.3, 0.4) is 0 Å². The zero-order valence-electron chi connectivity index (χ0n) is 40.8. The molecule has 0 saturated heterocycles. The summed E-state index contributed by atoms with van der Waals surface area (Å²) in [7, 11) is 0. The number of nitrogens with one attached hydrogen (secondary N) is 2. The van der Waals surface area contributed by atoms with Crippen LogP contribution in [0.15, 0.2) is 84.6 Å². The lowest BCUT2D eigenvalue weighted by atomic mass is 9.33. The van der Waals surface area contributed by atoms with E-state index in [0.717, 1.165) is 83.5 Å². The van der Waals surface area contributed by atoms with Crippen molar-refractivity contribution in [3.05, 3.63) is 84.6 Å². The summed E-state index contributed by atoms with van der Waals surface area (Å²) in [6.45, 7) is 20.6. The molecule has 0 bridgehead atoms. The molecule has 4 fully saturated rings. The second-order valence-corrected chi connectivity index (χ2v) is 21.5. The van der Waals surface area contributed by atoms with E-state index in [4.69, 9.17) is 4.74 Å². The van der Waals surface area contributed by atoms with E-state index in [1.807, 2.05) is 0 Å². The zero-order chi connectivity index (χ0) is 45.7. The molecule has 2 amide bonds. The molecule has 0 radical (unpaired) electrons. The Bertz CT molecular complexity index is 1720. The summed E-state index contributed by atoms with van der Waals surface area (Å²) >= 11 is 0. The highest BCUT2D eigenvalue weighted by molar-refractivity contribution is 5.84. The Morgan fingerprint density at radius 2 is 1.30 bits per heavy atom. The fourth-order valence-electron chi connectivity index (χ4n) is 13.7. The lowest BCUT2D eigenvalue weighted by Crippen LogP contribution is -2.67. The van der Waals surface area contributed by atoms with Crippen molar-refractivity contribution in [2.24, 2.45) is 56.7 Å². The summed E-state index contributed by atoms with van der Waals surface area (Å²) in [5.41, 5.74) is 0.769. The van der Waals surface area contributed by atoms with Gasteiger partial charge in [-0.2, -0.15) is 0 Å². The van der Waals surface area contributed by atoms with E-state index >= 15 is 0 Å². The third kappa shape index (κ3) is 11.3. The quantitative estimate of drug-likeness (QED) is 0.0679. The monoisotopic (exact) mass is 869 g/mol. The first-order valence-corrected chi connectivity index (χ1v) is 25.2. The highest BCUT2D eigenvalue weighted by Gasteiger charge is 2.70. The number of hydrogen-bond acceptors (Lipinski definition) is 5. The van der Waals surface area contributed by atoms with Gasteiger partial charge in [-0.1, -0.05) is 140 Å². The number of aliphatic hydroxyl groups is 2. The lowest BCUT2D eigenvalue weighted by molar-refractivity contribution is -0.231. The van der Waals surface area contributed by atoms with Crippen LogP contribution in [0.25, 0.3) is 0 Å². The molecule has 352 valence electrons. The van der Waals surface area contributed by atoms with Gasteiger partial charge < -0.3 is 25.6 Å². The van der Waals surface area contributed by atoms with Crippen LogP contribution in [0.2, 0.25) is 0 Å². The molecule has 5 aliphatic rings. The van der Waals surface area contributed by atoms with Gasteiger partial charge in [0, 0.05) is 19.5 Å². The molecule has 0 aromatic carbocycles. The maximum absolute atomic E-state index is 14.5. The first-order valence-electron chi connectivity index (χ1n) is 25.2. The minimum atomic E-state index is -0.698. The van der Waals surface area contributed by atoms with E-state index in [1.54, 1.807) is 0 Å². The maximum atomic E-state index is 14.5. The Kier molecular flexibility index (Phi) is 18.6. The van der Waals surface area contributed by atoms with Gasteiger partial charge in [-0.05, 0) is 148 Å². The molecule has 11 atom stereocenters. The van der Waals surface area contributed by atoms with Crippen molar-refractivity contribution >= 4 is 11.8 Å². The molecule has 4 N–H and O–H groups in total. The molecule has 4 saturated carbocycles. The predicted molar refractivity (Wildman–Crippen MR) is 261 cm³/mol. The van der Waals surface area contributed by atoms with E-state index in [-0.39, 0.29) is 39.4 Å². The van der Waals surface area contributed by atoms with Crippen molar-refractivity contribution < 1.29 is 24.5 Å². The van der Waals surface area contributed by atoms with Gasteiger partial charge >= 0.3 is 0 Å². The molecule has 0 heterocycles. The van der Waals surface area contributed by atoms with E-state index in [2.05, 4.69) is 145 Å². The van der Waals surface area contributed by atoms with Gasteiger partial charge in [-0.15, -0.1) is 0 Å². The minimum absolute atomic E-state index is 0.0183. The fraction of sp³-hybridized carbons (Fsp3) is 0.714. The van der Waals surface area contributed by atoms with Crippen LogP contribution in [0.1, 0.15) is 158 Å². The summed E-state index contributed by atoms with van der Waals surface area (Å²) < 4.78 is 5.89. The maximum Gasteiger partial charge on any atom is 0.226 e. The molecule has 5 rings (SSSR count). The van der Waals surface area contributed by atoms with Gasteiger partial charge in [0.2, 0.25) is 11.8 Å². The van der Waals surface area contributed by atoms with Crippen molar-refractivity contribution in [1.82, 2.24) is 10.6 Å². The first-order chi connectivity index (χ1) is 30.1.